The number of benzene rings is 1. The maximum atomic E-state index is 12.0. The second kappa shape index (κ2) is 10.2. The maximum Gasteiger partial charge on any atom is 0.248 e. The predicted molar refractivity (Wildman–Crippen MR) is 94.7 cm³/mol. The Balaban J connectivity index is 1.70. The van der Waals surface area contributed by atoms with Crippen LogP contribution in [-0.2, 0) is 20.8 Å². The molecule has 1 fully saturated rings. The quantitative estimate of drug-likeness (QED) is 0.555. The molecule has 1 amide bonds. The Kier molecular flexibility index (Phi) is 7.95. The van der Waals surface area contributed by atoms with Crippen molar-refractivity contribution in [3.8, 4) is 0 Å². The zero-order valence-electron chi connectivity index (χ0n) is 14.4. The molecule has 1 aliphatic heterocycles. The summed E-state index contributed by atoms with van der Waals surface area (Å²) in [5.41, 5.74) is 1.30. The lowest BCUT2D eigenvalue weighted by Gasteiger charge is -2.33. The summed E-state index contributed by atoms with van der Waals surface area (Å²) in [4.78, 5) is 14.4. The fourth-order valence-corrected chi connectivity index (χ4v) is 2.65. The van der Waals surface area contributed by atoms with Crippen molar-refractivity contribution >= 4 is 5.91 Å². The summed E-state index contributed by atoms with van der Waals surface area (Å²) in [5, 5.41) is 2.92. The van der Waals surface area contributed by atoms with E-state index in [1.54, 1.807) is 13.0 Å². The first kappa shape index (κ1) is 18.6. The van der Waals surface area contributed by atoms with Gasteiger partial charge in [0, 0.05) is 26.2 Å². The smallest absolute Gasteiger partial charge is 0.248 e. The van der Waals surface area contributed by atoms with Crippen LogP contribution in [0.3, 0.4) is 0 Å². The van der Waals surface area contributed by atoms with Gasteiger partial charge in [-0.05, 0) is 18.9 Å². The first-order valence-corrected chi connectivity index (χ1v) is 8.57. The normalized spacial score (nSPS) is 19.6. The van der Waals surface area contributed by atoms with Crippen molar-refractivity contribution in [2.75, 3.05) is 32.8 Å². The van der Waals surface area contributed by atoms with E-state index >= 15 is 0 Å². The Morgan fingerprint density at radius 1 is 1.50 bits per heavy atom. The first-order valence-electron chi connectivity index (χ1n) is 8.57. The third-order valence-electron chi connectivity index (χ3n) is 4.03. The van der Waals surface area contributed by atoms with E-state index in [1.807, 2.05) is 6.07 Å². The molecule has 5 heteroatoms. The molecule has 1 saturated heterocycles. The monoisotopic (exact) mass is 332 g/mol. The highest BCUT2D eigenvalue weighted by Crippen LogP contribution is 2.10. The van der Waals surface area contributed by atoms with E-state index in [1.165, 1.54) is 5.56 Å². The van der Waals surface area contributed by atoms with E-state index in [4.69, 9.17) is 9.47 Å². The Hall–Kier alpha value is -1.69. The van der Waals surface area contributed by atoms with Crippen LogP contribution in [0.5, 0.6) is 0 Å². The standard InChI is InChI=1S/C19H28N2O3/c1-3-4-11-23-16(2)19(22)20-13-18-15-21(10-12-24-18)14-17-8-6-5-7-9-17/h3,5-9,16,18H,1,4,10-15H2,2H3,(H,20,22)/t16-,18-/m0/s1. The van der Waals surface area contributed by atoms with Crippen molar-refractivity contribution in [2.24, 2.45) is 0 Å². The van der Waals surface area contributed by atoms with Crippen molar-refractivity contribution < 1.29 is 14.3 Å². The van der Waals surface area contributed by atoms with Gasteiger partial charge in [0.05, 0.1) is 19.3 Å². The van der Waals surface area contributed by atoms with E-state index in [0.29, 0.717) is 19.8 Å². The van der Waals surface area contributed by atoms with Crippen LogP contribution in [0.25, 0.3) is 0 Å². The summed E-state index contributed by atoms with van der Waals surface area (Å²) in [5.74, 6) is -0.0946. The van der Waals surface area contributed by atoms with Gasteiger partial charge in [0.2, 0.25) is 5.91 Å². The topological polar surface area (TPSA) is 50.8 Å². The van der Waals surface area contributed by atoms with Gasteiger partial charge in [0.1, 0.15) is 6.10 Å². The molecule has 2 atom stereocenters. The number of carbonyl (C=O) groups is 1. The summed E-state index contributed by atoms with van der Waals surface area (Å²) in [6.07, 6.45) is 2.10. The lowest BCUT2D eigenvalue weighted by Crippen LogP contribution is -2.48. The molecule has 0 bridgehead atoms. The first-order chi connectivity index (χ1) is 11.7. The number of morpholine rings is 1. The molecular weight excluding hydrogens is 304 g/mol. The lowest BCUT2D eigenvalue weighted by molar-refractivity contribution is -0.132. The van der Waals surface area contributed by atoms with Crippen molar-refractivity contribution in [1.29, 1.82) is 0 Å². The molecule has 1 N–H and O–H groups in total. The van der Waals surface area contributed by atoms with E-state index in [9.17, 15) is 4.79 Å². The Labute approximate surface area is 144 Å². The van der Waals surface area contributed by atoms with Crippen molar-refractivity contribution in [2.45, 2.75) is 32.1 Å². The number of amides is 1. The number of carbonyl (C=O) groups excluding carboxylic acids is 1. The van der Waals surface area contributed by atoms with Crippen LogP contribution in [0.4, 0.5) is 0 Å². The number of rotatable bonds is 9. The van der Waals surface area contributed by atoms with E-state index < -0.39 is 6.10 Å². The van der Waals surface area contributed by atoms with Gasteiger partial charge in [-0.15, -0.1) is 6.58 Å². The van der Waals surface area contributed by atoms with Crippen LogP contribution in [0, 0.1) is 0 Å². The molecule has 0 radical (unpaired) electrons. The third-order valence-corrected chi connectivity index (χ3v) is 4.03. The molecular formula is C19H28N2O3. The summed E-state index contributed by atoms with van der Waals surface area (Å²) >= 11 is 0. The summed E-state index contributed by atoms with van der Waals surface area (Å²) in [6.45, 7) is 9.77. The Morgan fingerprint density at radius 3 is 3.04 bits per heavy atom. The molecule has 0 saturated carbocycles. The molecule has 5 nitrogen and oxygen atoms in total. The fraction of sp³-hybridized carbons (Fsp3) is 0.526. The number of nitrogens with zero attached hydrogens (tertiary/aromatic N) is 1. The summed E-state index contributed by atoms with van der Waals surface area (Å²) in [6, 6.07) is 10.4. The minimum atomic E-state index is -0.450. The number of nitrogens with one attached hydrogen (secondary N) is 1. The van der Waals surface area contributed by atoms with E-state index in [2.05, 4.69) is 41.1 Å². The van der Waals surface area contributed by atoms with Crippen LogP contribution in [-0.4, -0.2) is 55.9 Å². The molecule has 1 heterocycles. The number of hydrogen-bond acceptors (Lipinski definition) is 4. The largest absolute Gasteiger partial charge is 0.374 e. The van der Waals surface area contributed by atoms with Crippen LogP contribution >= 0.6 is 0 Å². The second-order valence-corrected chi connectivity index (χ2v) is 6.05. The van der Waals surface area contributed by atoms with Gasteiger partial charge < -0.3 is 14.8 Å². The minimum Gasteiger partial charge on any atom is -0.374 e. The molecule has 0 unspecified atom stereocenters. The molecule has 1 aromatic rings. The lowest BCUT2D eigenvalue weighted by atomic mass is 10.2. The predicted octanol–water partition coefficient (Wildman–Crippen LogP) is 1.98. The highest BCUT2D eigenvalue weighted by molar-refractivity contribution is 5.80. The van der Waals surface area contributed by atoms with Gasteiger partial charge in [0.25, 0.3) is 0 Å². The van der Waals surface area contributed by atoms with Gasteiger partial charge in [-0.1, -0.05) is 36.4 Å². The van der Waals surface area contributed by atoms with Crippen LogP contribution in [0.1, 0.15) is 18.9 Å². The highest BCUT2D eigenvalue weighted by atomic mass is 16.5. The SMILES string of the molecule is C=CCCO[C@@H](C)C(=O)NC[C@H]1CN(Cc2ccccc2)CCO1. The Morgan fingerprint density at radius 2 is 2.29 bits per heavy atom. The van der Waals surface area contributed by atoms with Crippen molar-refractivity contribution in [3.63, 3.8) is 0 Å². The highest BCUT2D eigenvalue weighted by Gasteiger charge is 2.22. The fourth-order valence-electron chi connectivity index (χ4n) is 2.65. The number of hydrogen-bond donors (Lipinski definition) is 1. The van der Waals surface area contributed by atoms with Crippen LogP contribution < -0.4 is 5.32 Å². The third kappa shape index (κ3) is 6.43. The van der Waals surface area contributed by atoms with Gasteiger partial charge >= 0.3 is 0 Å². The molecule has 1 aliphatic rings. The average Bonchev–Trinajstić information content (AvgIpc) is 2.61. The average molecular weight is 332 g/mol. The van der Waals surface area contributed by atoms with Gasteiger partial charge in [-0.3, -0.25) is 9.69 Å². The van der Waals surface area contributed by atoms with Gasteiger partial charge in [-0.25, -0.2) is 0 Å². The van der Waals surface area contributed by atoms with Gasteiger partial charge in [-0.2, -0.15) is 0 Å². The molecule has 0 aromatic heterocycles. The van der Waals surface area contributed by atoms with Crippen molar-refractivity contribution in [1.82, 2.24) is 10.2 Å². The minimum absolute atomic E-state index is 0.0202. The molecule has 132 valence electrons. The summed E-state index contributed by atoms with van der Waals surface area (Å²) < 4.78 is 11.2. The zero-order chi connectivity index (χ0) is 17.2. The molecule has 1 aromatic carbocycles. The van der Waals surface area contributed by atoms with Crippen LogP contribution in [0.2, 0.25) is 0 Å². The molecule has 2 rings (SSSR count). The maximum absolute atomic E-state index is 12.0. The Bertz CT molecular complexity index is 507. The molecule has 24 heavy (non-hydrogen) atoms. The van der Waals surface area contributed by atoms with E-state index in [-0.39, 0.29) is 12.0 Å². The zero-order valence-corrected chi connectivity index (χ0v) is 14.4. The van der Waals surface area contributed by atoms with Gasteiger partial charge in [0.15, 0.2) is 0 Å². The second-order valence-electron chi connectivity index (χ2n) is 6.05. The molecule has 0 spiro atoms. The van der Waals surface area contributed by atoms with E-state index in [0.717, 1.165) is 26.1 Å². The number of ether oxygens (including phenoxy) is 2. The van der Waals surface area contributed by atoms with Crippen molar-refractivity contribution in [3.05, 3.63) is 48.6 Å². The molecule has 0 aliphatic carbocycles. The van der Waals surface area contributed by atoms with Crippen LogP contribution in [0.15, 0.2) is 43.0 Å². The summed E-state index contributed by atoms with van der Waals surface area (Å²) in [7, 11) is 0.